The summed E-state index contributed by atoms with van der Waals surface area (Å²) in [6, 6.07) is 0. The Kier molecular flexibility index (Phi) is 6.48. The van der Waals surface area contributed by atoms with Crippen molar-refractivity contribution in [1.82, 2.24) is 9.55 Å². The number of carbonyl (C=O) groups excluding carboxylic acids is 1. The number of H-pyrrole nitrogens is 1. The predicted molar refractivity (Wildman–Crippen MR) is 84.2 cm³/mol. The molecule has 2 heterocycles. The first-order valence-electron chi connectivity index (χ1n) is 7.74. The minimum atomic E-state index is -0.991. The summed E-state index contributed by atoms with van der Waals surface area (Å²) in [6.45, 7) is 3.26. The van der Waals surface area contributed by atoms with Gasteiger partial charge in [0.05, 0.1) is 19.3 Å². The number of aryl methyl sites for hydroxylation is 1. The summed E-state index contributed by atoms with van der Waals surface area (Å²) in [5.74, 6) is 0. The zero-order valence-electron chi connectivity index (χ0n) is 14.2. The van der Waals surface area contributed by atoms with Crippen LogP contribution in [0.2, 0.25) is 0 Å². The Balaban J connectivity index is 2.38. The Morgan fingerprint density at radius 3 is 2.76 bits per heavy atom. The van der Waals surface area contributed by atoms with E-state index in [0.29, 0.717) is 5.56 Å². The van der Waals surface area contributed by atoms with Crippen LogP contribution in [0.4, 0.5) is 0 Å². The molecule has 140 valence electrons. The molecule has 1 saturated heterocycles. The second kappa shape index (κ2) is 8.39. The third kappa shape index (κ3) is 4.15. The van der Waals surface area contributed by atoms with Crippen molar-refractivity contribution in [2.75, 3.05) is 20.3 Å². The summed E-state index contributed by atoms with van der Waals surface area (Å²) in [7, 11) is 1.52. The summed E-state index contributed by atoms with van der Waals surface area (Å²) in [4.78, 5) is 36.7. The average molecular weight is 358 g/mol. The van der Waals surface area contributed by atoms with Crippen LogP contribution in [0, 0.1) is 6.92 Å². The van der Waals surface area contributed by atoms with Crippen molar-refractivity contribution in [2.24, 2.45) is 0 Å². The molecule has 10 heteroatoms. The molecule has 0 aliphatic carbocycles. The van der Waals surface area contributed by atoms with Gasteiger partial charge in [-0.1, -0.05) is 0 Å². The number of methoxy groups -OCH3 is 1. The molecule has 1 fully saturated rings. The molecule has 1 aliphatic heterocycles. The lowest BCUT2D eigenvalue weighted by molar-refractivity contribution is -0.145. The lowest BCUT2D eigenvalue weighted by atomic mass is 10.1. The molecule has 2 N–H and O–H groups in total. The first-order valence-corrected chi connectivity index (χ1v) is 7.74. The van der Waals surface area contributed by atoms with Crippen LogP contribution in [0.1, 0.15) is 18.7 Å². The summed E-state index contributed by atoms with van der Waals surface area (Å²) in [6.07, 6.45) is -2.58. The van der Waals surface area contributed by atoms with Gasteiger partial charge in [0, 0.05) is 18.9 Å². The molecule has 0 bridgehead atoms. The van der Waals surface area contributed by atoms with Crippen LogP contribution < -0.4 is 11.2 Å². The number of rotatable bonds is 8. The summed E-state index contributed by atoms with van der Waals surface area (Å²) in [5, 5.41) is 9.49. The molecule has 1 aliphatic rings. The number of aliphatic hydroxyl groups is 1. The van der Waals surface area contributed by atoms with Crippen LogP contribution in [-0.4, -0.2) is 65.9 Å². The number of hydrogen-bond acceptors (Lipinski definition) is 8. The van der Waals surface area contributed by atoms with Crippen molar-refractivity contribution >= 4 is 6.47 Å². The molecule has 5 unspecified atom stereocenters. The highest BCUT2D eigenvalue weighted by atomic mass is 16.6. The number of hydrogen-bond donors (Lipinski definition) is 2. The van der Waals surface area contributed by atoms with Crippen LogP contribution in [0.3, 0.4) is 0 Å². The number of nitrogens with zero attached hydrogens (tertiary/aromatic N) is 1. The van der Waals surface area contributed by atoms with E-state index in [4.69, 9.17) is 18.9 Å². The number of nitrogens with one attached hydrogen (secondary N) is 1. The quantitative estimate of drug-likeness (QED) is 0.549. The highest BCUT2D eigenvalue weighted by Gasteiger charge is 2.48. The highest BCUT2D eigenvalue weighted by Crippen LogP contribution is 2.32. The standard InChI is InChI=1S/C15H22N2O8/c1-8-4-17(15(21)16-13(8)20)14-12(23-6-9(2)22-3)11(24-7-19)10(5-18)25-14/h4,7,9-12,14,18H,5-6H2,1-3H3,(H,16,20,21). The molecule has 0 aromatic carbocycles. The van der Waals surface area contributed by atoms with E-state index in [1.165, 1.54) is 20.2 Å². The Morgan fingerprint density at radius 1 is 1.44 bits per heavy atom. The average Bonchev–Trinajstić information content (AvgIpc) is 2.93. The molecule has 1 aromatic rings. The smallest absolute Gasteiger partial charge is 0.330 e. The summed E-state index contributed by atoms with van der Waals surface area (Å²) >= 11 is 0. The molecule has 0 amide bonds. The molecular weight excluding hydrogens is 336 g/mol. The molecule has 1 aromatic heterocycles. The lowest BCUT2D eigenvalue weighted by Gasteiger charge is -2.25. The maximum atomic E-state index is 12.2. The zero-order chi connectivity index (χ0) is 18.6. The maximum absolute atomic E-state index is 12.2. The highest BCUT2D eigenvalue weighted by molar-refractivity contribution is 5.38. The minimum absolute atomic E-state index is 0.148. The van der Waals surface area contributed by atoms with Crippen LogP contribution in [0.5, 0.6) is 0 Å². The van der Waals surface area contributed by atoms with Crippen LogP contribution in [-0.2, 0) is 23.7 Å². The monoisotopic (exact) mass is 358 g/mol. The molecule has 0 spiro atoms. The van der Waals surface area contributed by atoms with Gasteiger partial charge in [-0.05, 0) is 13.8 Å². The number of ether oxygens (including phenoxy) is 4. The van der Waals surface area contributed by atoms with E-state index in [-0.39, 0.29) is 19.2 Å². The predicted octanol–water partition coefficient (Wildman–Crippen LogP) is -1.30. The number of aromatic nitrogens is 2. The summed E-state index contributed by atoms with van der Waals surface area (Å²) < 4.78 is 22.7. The minimum Gasteiger partial charge on any atom is -0.459 e. The van der Waals surface area contributed by atoms with Gasteiger partial charge in [-0.15, -0.1) is 0 Å². The van der Waals surface area contributed by atoms with E-state index < -0.39 is 42.4 Å². The molecule has 0 radical (unpaired) electrons. The van der Waals surface area contributed by atoms with Crippen molar-refractivity contribution in [3.8, 4) is 0 Å². The molecule has 25 heavy (non-hydrogen) atoms. The van der Waals surface area contributed by atoms with Gasteiger partial charge in [-0.3, -0.25) is 19.1 Å². The number of carbonyl (C=O) groups is 1. The second-order valence-corrected chi connectivity index (χ2v) is 5.77. The van der Waals surface area contributed by atoms with E-state index >= 15 is 0 Å². The van der Waals surface area contributed by atoms with Gasteiger partial charge in [-0.2, -0.15) is 0 Å². The molecule has 2 rings (SSSR count). The molecule has 10 nitrogen and oxygen atoms in total. The van der Waals surface area contributed by atoms with Crippen LogP contribution in [0.25, 0.3) is 0 Å². The van der Waals surface area contributed by atoms with Crippen LogP contribution >= 0.6 is 0 Å². The third-order valence-corrected chi connectivity index (χ3v) is 4.02. The first kappa shape index (κ1) is 19.3. The second-order valence-electron chi connectivity index (χ2n) is 5.77. The molecular formula is C15H22N2O8. The van der Waals surface area contributed by atoms with E-state index in [1.807, 2.05) is 0 Å². The number of aliphatic hydroxyl groups excluding tert-OH is 1. The summed E-state index contributed by atoms with van der Waals surface area (Å²) in [5.41, 5.74) is -0.908. The van der Waals surface area contributed by atoms with Crippen molar-refractivity contribution in [3.05, 3.63) is 32.6 Å². The molecule has 0 saturated carbocycles. The maximum Gasteiger partial charge on any atom is 0.330 e. The van der Waals surface area contributed by atoms with Gasteiger partial charge in [-0.25, -0.2) is 4.79 Å². The van der Waals surface area contributed by atoms with Gasteiger partial charge >= 0.3 is 5.69 Å². The Hall–Kier alpha value is -2.01. The van der Waals surface area contributed by atoms with E-state index in [9.17, 15) is 19.5 Å². The Labute approximate surface area is 143 Å². The Bertz CT molecular complexity index is 700. The van der Waals surface area contributed by atoms with E-state index in [0.717, 1.165) is 4.57 Å². The van der Waals surface area contributed by atoms with Gasteiger partial charge in [0.25, 0.3) is 12.0 Å². The SMILES string of the molecule is COC(C)COC1C(OC=O)C(CO)OC1n1cc(C)c(=O)[nH]c1=O. The van der Waals surface area contributed by atoms with Gasteiger partial charge in [0.2, 0.25) is 0 Å². The van der Waals surface area contributed by atoms with Gasteiger partial charge < -0.3 is 24.1 Å². The van der Waals surface area contributed by atoms with Crippen molar-refractivity contribution in [3.63, 3.8) is 0 Å². The van der Waals surface area contributed by atoms with Gasteiger partial charge in [0.15, 0.2) is 12.3 Å². The van der Waals surface area contributed by atoms with Crippen LogP contribution in [0.15, 0.2) is 15.8 Å². The Morgan fingerprint density at radius 2 is 2.16 bits per heavy atom. The fourth-order valence-electron chi connectivity index (χ4n) is 2.57. The van der Waals surface area contributed by atoms with Crippen molar-refractivity contribution in [2.45, 2.75) is 44.5 Å². The van der Waals surface area contributed by atoms with E-state index in [2.05, 4.69) is 4.98 Å². The van der Waals surface area contributed by atoms with E-state index in [1.54, 1.807) is 6.92 Å². The normalized spacial score (nSPS) is 27.2. The third-order valence-electron chi connectivity index (χ3n) is 4.02. The fourth-order valence-corrected chi connectivity index (χ4v) is 2.57. The topological polar surface area (TPSA) is 129 Å². The van der Waals surface area contributed by atoms with Crippen molar-refractivity contribution in [1.29, 1.82) is 0 Å². The van der Waals surface area contributed by atoms with Crippen molar-refractivity contribution < 1.29 is 28.8 Å². The van der Waals surface area contributed by atoms with Gasteiger partial charge in [0.1, 0.15) is 12.2 Å². The molecule has 5 atom stereocenters. The number of aromatic amines is 1. The zero-order valence-corrected chi connectivity index (χ0v) is 14.2. The lowest BCUT2D eigenvalue weighted by Crippen LogP contribution is -2.42. The fraction of sp³-hybridized carbons (Fsp3) is 0.667. The first-order chi connectivity index (χ1) is 11.9. The largest absolute Gasteiger partial charge is 0.459 e.